The number of rotatable bonds is 33. The Morgan fingerprint density at radius 1 is 0.525 bits per heavy atom. The van der Waals surface area contributed by atoms with Crippen molar-refractivity contribution in [1.29, 1.82) is 0 Å². The van der Waals surface area contributed by atoms with Crippen molar-refractivity contribution in [2.45, 2.75) is 223 Å². The van der Waals surface area contributed by atoms with Gasteiger partial charge in [-0.2, -0.15) is 29.8 Å². The Labute approximate surface area is 481 Å². The van der Waals surface area contributed by atoms with E-state index in [0.717, 1.165) is 77.3 Å². The van der Waals surface area contributed by atoms with E-state index in [9.17, 15) is 9.59 Å². The van der Waals surface area contributed by atoms with Gasteiger partial charge in [-0.05, 0) is 97.9 Å². The Bertz CT molecular complexity index is 2520. The highest BCUT2D eigenvalue weighted by Gasteiger charge is 2.31. The van der Waals surface area contributed by atoms with E-state index < -0.39 is 10.8 Å². The second kappa shape index (κ2) is 31.2. The number of nitrogen functional groups attached to an aromatic ring is 2. The molecule has 3 heterocycles. The third-order valence-corrected chi connectivity index (χ3v) is 16.1. The first kappa shape index (κ1) is 64.7. The second-order valence-electron chi connectivity index (χ2n) is 24.6. The van der Waals surface area contributed by atoms with Gasteiger partial charge in [0.1, 0.15) is 6.33 Å². The van der Waals surface area contributed by atoms with Gasteiger partial charge in [0.15, 0.2) is 40.4 Å². The molecule has 0 radical (unpaired) electrons. The molecule has 0 aliphatic heterocycles. The van der Waals surface area contributed by atoms with E-state index in [-0.39, 0.29) is 29.2 Å². The number of hydrogen-bond acceptors (Lipinski definition) is 12. The molecule has 15 nitrogen and oxygen atoms in total. The highest BCUT2D eigenvalue weighted by molar-refractivity contribution is 5.98. The monoisotopic (exact) mass is 1100 g/mol. The molecule has 1 amide bonds. The lowest BCUT2D eigenvalue weighted by Crippen LogP contribution is -2.39. The number of carbonyl (C=O) groups is 2. The smallest absolute Gasteiger partial charge is 0.253 e. The van der Waals surface area contributed by atoms with Crippen molar-refractivity contribution in [3.63, 3.8) is 0 Å². The minimum atomic E-state index is -0.477. The van der Waals surface area contributed by atoms with Crippen LogP contribution < -0.4 is 11.5 Å². The number of ketones is 1. The summed E-state index contributed by atoms with van der Waals surface area (Å²) in [4.78, 5) is 39.8. The number of unbranched alkanes of at least 4 members (excludes halogenated alkanes) is 4. The number of benzene rings is 2. The van der Waals surface area contributed by atoms with Crippen LogP contribution in [0.4, 0.5) is 34.4 Å². The van der Waals surface area contributed by atoms with Crippen molar-refractivity contribution in [3.05, 3.63) is 83.4 Å². The molecule has 0 aliphatic carbocycles. The van der Waals surface area contributed by atoms with Crippen LogP contribution >= 0.6 is 0 Å². The minimum Gasteiger partial charge on any atom is -0.382 e. The van der Waals surface area contributed by atoms with Crippen molar-refractivity contribution < 1.29 is 9.59 Å². The molecule has 15 heteroatoms. The number of nitrogens with two attached hydrogens (primary N) is 2. The van der Waals surface area contributed by atoms with E-state index in [2.05, 4.69) is 80.5 Å². The Kier molecular flexibility index (Phi) is 25.2. The number of anilines is 2. The van der Waals surface area contributed by atoms with E-state index >= 15 is 0 Å². The van der Waals surface area contributed by atoms with E-state index in [1.165, 1.54) is 67.1 Å². The fourth-order valence-electron chi connectivity index (χ4n) is 10.7. The Balaban J connectivity index is 1.41. The molecule has 5 aromatic rings. The van der Waals surface area contributed by atoms with Crippen LogP contribution in [-0.4, -0.2) is 59.2 Å². The Hall–Kier alpha value is -6.12. The molecule has 5 rings (SSSR count). The molecule has 3 aromatic heterocycles. The third-order valence-electron chi connectivity index (χ3n) is 16.1. The van der Waals surface area contributed by atoms with Gasteiger partial charge in [-0.1, -0.05) is 187 Å². The van der Waals surface area contributed by atoms with Gasteiger partial charge in [0.2, 0.25) is 0 Å². The molecule has 0 spiro atoms. The maximum Gasteiger partial charge on any atom is 0.253 e. The lowest BCUT2D eigenvalue weighted by atomic mass is 9.78. The predicted octanol–water partition coefficient (Wildman–Crippen LogP) is 18.3. The van der Waals surface area contributed by atoms with Gasteiger partial charge in [0.25, 0.3) is 5.91 Å². The average Bonchev–Trinajstić information content (AvgIpc) is 4.01. The van der Waals surface area contributed by atoms with E-state index in [0.29, 0.717) is 80.6 Å². The SMILES string of the molecule is CCCCC(CC)CC(CC(CC)CCCC)C(=O)c1ccc(N=Nc2c(C(C)(C)C)nn(-c3cc(-n4nc(C(C)(C)C)c(N=Nc5ccc(C(=O)N(CC(CC)CCCC)CC(CC)CCCC)cc5)c4N)ncn3)c2N)cc1. The summed E-state index contributed by atoms with van der Waals surface area (Å²) in [6, 6.07) is 16.6. The number of hydrogen-bond donors (Lipinski definition) is 2. The lowest BCUT2D eigenvalue weighted by molar-refractivity contribution is 0.0684. The molecule has 4 atom stereocenters. The van der Waals surface area contributed by atoms with Crippen LogP contribution in [0.1, 0.15) is 245 Å². The topological polar surface area (TPSA) is 200 Å². The average molecular weight is 1100 g/mol. The fourth-order valence-corrected chi connectivity index (χ4v) is 10.7. The Morgan fingerprint density at radius 3 is 1.24 bits per heavy atom. The molecule has 0 bridgehead atoms. The standard InChI is InChI=1S/C65H101N13O2/c1-15-23-27-45(19-5)39-51(40-46(20-6)28-24-16-2)58(79)49-31-35-52(36-32-49)70-72-56-59(64(9,10)11)74-77(61(56)66)54-41-55(69-44-68-54)78-62(67)57(60(75-78)65(12,13)14)73-71-53-37-33-50(34-38-53)63(80)76(42-47(21-7)29-25-17-3)43-48(22-8)30-26-18-4/h31-38,41,44-48,51H,15-30,39-40,42-43,66-67H2,1-14H3. The predicted molar refractivity (Wildman–Crippen MR) is 330 cm³/mol. The van der Waals surface area contributed by atoms with Crippen LogP contribution in [0.3, 0.4) is 0 Å². The summed E-state index contributed by atoms with van der Waals surface area (Å²) >= 11 is 0. The summed E-state index contributed by atoms with van der Waals surface area (Å²) in [5.41, 5.74) is 17.5. The van der Waals surface area contributed by atoms with Gasteiger partial charge in [-0.15, -0.1) is 10.2 Å². The van der Waals surface area contributed by atoms with Crippen LogP contribution in [0.15, 0.2) is 81.4 Å². The lowest BCUT2D eigenvalue weighted by Gasteiger charge is -2.31. The normalized spacial score (nSPS) is 14.2. The van der Waals surface area contributed by atoms with Crippen LogP contribution in [0.25, 0.3) is 11.6 Å². The number of aromatic nitrogens is 6. The molecule has 4 N–H and O–H groups in total. The van der Waals surface area contributed by atoms with Crippen LogP contribution in [0, 0.1) is 29.6 Å². The van der Waals surface area contributed by atoms with Crippen molar-refractivity contribution in [2.75, 3.05) is 24.6 Å². The number of Topliss-reactive ketones (excluding diaryl/α,β-unsaturated/α-hetero) is 1. The maximum atomic E-state index is 14.3. The largest absolute Gasteiger partial charge is 0.382 e. The van der Waals surface area contributed by atoms with Gasteiger partial charge >= 0.3 is 0 Å². The van der Waals surface area contributed by atoms with E-state index in [1.54, 1.807) is 6.07 Å². The van der Waals surface area contributed by atoms with Gasteiger partial charge in [0.05, 0.1) is 22.8 Å². The molecule has 0 saturated carbocycles. The molecule has 80 heavy (non-hydrogen) atoms. The molecular formula is C65H101N13O2. The molecule has 0 fully saturated rings. The van der Waals surface area contributed by atoms with Crippen LogP contribution in [0.2, 0.25) is 0 Å². The molecular weight excluding hydrogens is 995 g/mol. The number of amides is 1. The van der Waals surface area contributed by atoms with Gasteiger partial charge in [-0.3, -0.25) is 9.59 Å². The molecule has 0 saturated heterocycles. The first-order chi connectivity index (χ1) is 38.2. The zero-order chi connectivity index (χ0) is 58.6. The highest BCUT2D eigenvalue weighted by Crippen LogP contribution is 2.40. The summed E-state index contributed by atoms with van der Waals surface area (Å²) in [6.07, 6.45) is 21.5. The number of azo groups is 2. The van der Waals surface area contributed by atoms with Gasteiger partial charge < -0.3 is 16.4 Å². The third kappa shape index (κ3) is 17.9. The highest BCUT2D eigenvalue weighted by atomic mass is 16.2. The van der Waals surface area contributed by atoms with Crippen molar-refractivity contribution in [2.24, 2.45) is 50.0 Å². The molecule has 0 aliphatic rings. The molecule has 438 valence electrons. The van der Waals surface area contributed by atoms with Gasteiger partial charge in [0, 0.05) is 47.0 Å². The van der Waals surface area contributed by atoms with Crippen LogP contribution in [-0.2, 0) is 10.8 Å². The van der Waals surface area contributed by atoms with E-state index in [1.807, 2.05) is 90.1 Å². The first-order valence-electron chi connectivity index (χ1n) is 30.7. The zero-order valence-corrected chi connectivity index (χ0v) is 51.7. The summed E-state index contributed by atoms with van der Waals surface area (Å²) < 4.78 is 3.08. The molecule has 4 unspecified atom stereocenters. The summed E-state index contributed by atoms with van der Waals surface area (Å²) in [6.45, 7) is 31.7. The quantitative estimate of drug-likeness (QED) is 0.0305. The van der Waals surface area contributed by atoms with Crippen molar-refractivity contribution in [3.8, 4) is 11.6 Å². The molecule has 2 aromatic carbocycles. The van der Waals surface area contributed by atoms with Crippen molar-refractivity contribution >= 4 is 46.1 Å². The van der Waals surface area contributed by atoms with Gasteiger partial charge in [-0.25, -0.2) is 9.97 Å². The number of carbonyl (C=O) groups excluding carboxylic acids is 2. The first-order valence-corrected chi connectivity index (χ1v) is 30.7. The fraction of sp³-hybridized carbons (Fsp3) is 0.631. The summed E-state index contributed by atoms with van der Waals surface area (Å²) in [5.74, 6) is 3.55. The Morgan fingerprint density at radius 2 is 0.887 bits per heavy atom. The number of nitrogens with zero attached hydrogens (tertiary/aromatic N) is 11. The minimum absolute atomic E-state index is 0.00511. The zero-order valence-electron chi connectivity index (χ0n) is 51.7. The van der Waals surface area contributed by atoms with Crippen molar-refractivity contribution in [1.82, 2.24) is 34.4 Å². The summed E-state index contributed by atoms with van der Waals surface area (Å²) in [7, 11) is 0. The summed E-state index contributed by atoms with van der Waals surface area (Å²) in [5, 5.41) is 28.6. The van der Waals surface area contributed by atoms with E-state index in [4.69, 9.17) is 31.9 Å². The van der Waals surface area contributed by atoms with Crippen LogP contribution in [0.5, 0.6) is 0 Å². The maximum absolute atomic E-state index is 14.3. The second-order valence-corrected chi connectivity index (χ2v) is 24.6.